The lowest BCUT2D eigenvalue weighted by Crippen LogP contribution is -2.34. The first-order valence-electron chi connectivity index (χ1n) is 5.96. The summed E-state index contributed by atoms with van der Waals surface area (Å²) in [6, 6.07) is 8.51. The number of para-hydroxylation sites is 1. The van der Waals surface area contributed by atoms with Crippen LogP contribution in [0, 0.1) is 6.92 Å². The second-order valence-corrected chi connectivity index (χ2v) is 4.49. The van der Waals surface area contributed by atoms with Crippen molar-refractivity contribution in [3.05, 3.63) is 66.2 Å². The van der Waals surface area contributed by atoms with E-state index in [1.807, 2.05) is 0 Å². The third-order valence-corrected chi connectivity index (χ3v) is 3.39. The molecule has 86 valence electrons. The number of rotatable bonds is 1. The molecule has 1 atom stereocenters. The largest absolute Gasteiger partial charge is 0.326 e. The van der Waals surface area contributed by atoms with Crippen LogP contribution in [0.2, 0.25) is 0 Å². The van der Waals surface area contributed by atoms with E-state index < -0.39 is 0 Å². The molecule has 1 aromatic rings. The summed E-state index contributed by atoms with van der Waals surface area (Å²) in [5, 5.41) is 0. The van der Waals surface area contributed by atoms with Crippen LogP contribution >= 0.6 is 0 Å². The van der Waals surface area contributed by atoms with E-state index >= 15 is 0 Å². The smallest absolute Gasteiger partial charge is 0.107 e. The number of fused-ring (bicyclic) bond motifs is 1. The molecule has 0 aliphatic carbocycles. The number of benzene rings is 1. The molecule has 0 radical (unpaired) electrons. The Hall–Kier alpha value is -1.96. The van der Waals surface area contributed by atoms with Gasteiger partial charge in [0.2, 0.25) is 0 Å². The second-order valence-electron chi connectivity index (χ2n) is 4.49. The minimum atomic E-state index is 0.340. The molecule has 0 spiro atoms. The Bertz CT molecular complexity index is 525. The van der Waals surface area contributed by atoms with Crippen LogP contribution in [0.1, 0.15) is 12.5 Å². The fourth-order valence-electron chi connectivity index (χ4n) is 2.43. The maximum absolute atomic E-state index is 2.32. The summed E-state index contributed by atoms with van der Waals surface area (Å²) < 4.78 is 0. The summed E-state index contributed by atoms with van der Waals surface area (Å²) in [5.74, 6) is 0. The SMILES string of the molecule is Cc1ccccc1N1C=C2C=CC=CN2[C@H]1C. The van der Waals surface area contributed by atoms with E-state index in [0.717, 1.165) is 0 Å². The van der Waals surface area contributed by atoms with Crippen LogP contribution in [0.25, 0.3) is 0 Å². The van der Waals surface area contributed by atoms with Crippen molar-refractivity contribution in [1.29, 1.82) is 0 Å². The maximum atomic E-state index is 2.32. The Kier molecular flexibility index (Phi) is 2.29. The van der Waals surface area contributed by atoms with Crippen molar-refractivity contribution >= 4 is 5.69 Å². The third kappa shape index (κ3) is 1.57. The van der Waals surface area contributed by atoms with Gasteiger partial charge in [-0.05, 0) is 37.6 Å². The summed E-state index contributed by atoms with van der Waals surface area (Å²) in [6.45, 7) is 4.38. The summed E-state index contributed by atoms with van der Waals surface area (Å²) in [5.41, 5.74) is 3.84. The van der Waals surface area contributed by atoms with Crippen LogP contribution in [0.3, 0.4) is 0 Å². The molecule has 0 bridgehead atoms. The summed E-state index contributed by atoms with van der Waals surface area (Å²) in [4.78, 5) is 4.61. The Morgan fingerprint density at radius 3 is 2.65 bits per heavy atom. The van der Waals surface area contributed by atoms with E-state index in [-0.39, 0.29) is 0 Å². The molecule has 2 heteroatoms. The number of aryl methyl sites for hydroxylation is 1. The van der Waals surface area contributed by atoms with E-state index in [9.17, 15) is 0 Å². The first-order valence-corrected chi connectivity index (χ1v) is 5.96. The van der Waals surface area contributed by atoms with Crippen molar-refractivity contribution in [2.45, 2.75) is 20.0 Å². The van der Waals surface area contributed by atoms with Crippen molar-refractivity contribution in [1.82, 2.24) is 4.90 Å². The summed E-state index contributed by atoms with van der Waals surface area (Å²) in [6.07, 6.45) is 11.0. The molecule has 0 aromatic heterocycles. The monoisotopic (exact) mass is 224 g/mol. The number of anilines is 1. The van der Waals surface area contributed by atoms with Crippen LogP contribution < -0.4 is 4.90 Å². The zero-order valence-corrected chi connectivity index (χ0v) is 10.2. The van der Waals surface area contributed by atoms with Crippen LogP contribution in [0.5, 0.6) is 0 Å². The highest BCUT2D eigenvalue weighted by Gasteiger charge is 2.28. The first-order chi connectivity index (χ1) is 8.27. The number of nitrogens with zero attached hydrogens (tertiary/aromatic N) is 2. The highest BCUT2D eigenvalue weighted by molar-refractivity contribution is 5.59. The van der Waals surface area contributed by atoms with E-state index in [1.165, 1.54) is 16.9 Å². The lowest BCUT2D eigenvalue weighted by atomic mass is 10.2. The minimum absolute atomic E-state index is 0.340. The quantitative estimate of drug-likeness (QED) is 0.721. The third-order valence-electron chi connectivity index (χ3n) is 3.39. The van der Waals surface area contributed by atoms with Gasteiger partial charge in [-0.25, -0.2) is 0 Å². The molecule has 17 heavy (non-hydrogen) atoms. The zero-order valence-electron chi connectivity index (χ0n) is 10.2. The van der Waals surface area contributed by atoms with Crippen LogP contribution in [-0.4, -0.2) is 11.1 Å². The van der Waals surface area contributed by atoms with Gasteiger partial charge < -0.3 is 9.80 Å². The van der Waals surface area contributed by atoms with Gasteiger partial charge in [0.15, 0.2) is 0 Å². The average molecular weight is 224 g/mol. The van der Waals surface area contributed by atoms with Gasteiger partial charge in [0, 0.05) is 18.1 Å². The Morgan fingerprint density at radius 1 is 1.06 bits per heavy atom. The number of hydrogen-bond donors (Lipinski definition) is 0. The molecule has 0 amide bonds. The van der Waals surface area contributed by atoms with E-state index in [0.29, 0.717) is 6.17 Å². The highest BCUT2D eigenvalue weighted by Crippen LogP contribution is 2.32. The minimum Gasteiger partial charge on any atom is -0.326 e. The maximum Gasteiger partial charge on any atom is 0.107 e. The van der Waals surface area contributed by atoms with E-state index in [4.69, 9.17) is 0 Å². The summed E-state index contributed by atoms with van der Waals surface area (Å²) >= 11 is 0. The molecule has 2 nitrogen and oxygen atoms in total. The Balaban J connectivity index is 2.01. The van der Waals surface area contributed by atoms with Crippen molar-refractivity contribution < 1.29 is 0 Å². The van der Waals surface area contributed by atoms with Crippen LogP contribution in [0.15, 0.2) is 60.6 Å². The van der Waals surface area contributed by atoms with Crippen molar-refractivity contribution in [3.63, 3.8) is 0 Å². The fraction of sp³-hybridized carbons (Fsp3) is 0.200. The molecule has 2 aliphatic heterocycles. The number of allylic oxidation sites excluding steroid dienone is 3. The van der Waals surface area contributed by atoms with Gasteiger partial charge in [-0.15, -0.1) is 0 Å². The molecule has 2 heterocycles. The molecule has 0 saturated carbocycles. The molecule has 2 aliphatic rings. The standard InChI is InChI=1S/C15H16N2/c1-12-7-3-4-9-15(12)17-11-14-8-5-6-10-16(14)13(17)2/h3-11,13H,1-2H3/t13-/m1/s1. The number of hydrogen-bond acceptors (Lipinski definition) is 2. The Labute approximate surface area is 102 Å². The fourth-order valence-corrected chi connectivity index (χ4v) is 2.43. The van der Waals surface area contributed by atoms with E-state index in [1.54, 1.807) is 0 Å². The molecular weight excluding hydrogens is 208 g/mol. The van der Waals surface area contributed by atoms with Crippen LogP contribution in [-0.2, 0) is 0 Å². The van der Waals surface area contributed by atoms with Gasteiger partial charge >= 0.3 is 0 Å². The molecule has 0 unspecified atom stereocenters. The first kappa shape index (κ1) is 10.2. The molecule has 0 saturated heterocycles. The van der Waals surface area contributed by atoms with Gasteiger partial charge in [-0.2, -0.15) is 0 Å². The van der Waals surface area contributed by atoms with Crippen molar-refractivity contribution in [2.75, 3.05) is 4.90 Å². The van der Waals surface area contributed by atoms with E-state index in [2.05, 4.69) is 78.5 Å². The Morgan fingerprint density at radius 2 is 1.88 bits per heavy atom. The van der Waals surface area contributed by atoms with Gasteiger partial charge in [0.05, 0.1) is 5.70 Å². The van der Waals surface area contributed by atoms with Gasteiger partial charge in [0.25, 0.3) is 0 Å². The predicted octanol–water partition coefficient (Wildman–Crippen LogP) is 3.39. The zero-order chi connectivity index (χ0) is 11.8. The lowest BCUT2D eigenvalue weighted by molar-refractivity contribution is 0.403. The molecule has 0 fully saturated rings. The van der Waals surface area contributed by atoms with Crippen molar-refractivity contribution in [2.24, 2.45) is 0 Å². The van der Waals surface area contributed by atoms with Crippen molar-refractivity contribution in [3.8, 4) is 0 Å². The molecule has 3 rings (SSSR count). The molecule has 0 N–H and O–H groups in total. The van der Waals surface area contributed by atoms with Crippen LogP contribution in [0.4, 0.5) is 5.69 Å². The predicted molar refractivity (Wildman–Crippen MR) is 71.3 cm³/mol. The molecule has 1 aromatic carbocycles. The van der Waals surface area contributed by atoms with Gasteiger partial charge in [0.1, 0.15) is 6.17 Å². The average Bonchev–Trinajstić information content (AvgIpc) is 2.68. The lowest BCUT2D eigenvalue weighted by Gasteiger charge is -2.30. The normalized spacial score (nSPS) is 21.8. The van der Waals surface area contributed by atoms with Gasteiger partial charge in [-0.3, -0.25) is 0 Å². The molecular formula is C15H16N2. The summed E-state index contributed by atoms with van der Waals surface area (Å²) in [7, 11) is 0. The van der Waals surface area contributed by atoms with Gasteiger partial charge in [-0.1, -0.05) is 24.3 Å². The highest BCUT2D eigenvalue weighted by atomic mass is 15.4. The topological polar surface area (TPSA) is 6.48 Å². The second kappa shape index (κ2) is 3.81.